The van der Waals surface area contributed by atoms with E-state index in [4.69, 9.17) is 4.43 Å². The van der Waals surface area contributed by atoms with Crippen molar-refractivity contribution in [3.05, 3.63) is 83.7 Å². The molecule has 0 N–H and O–H groups in total. The third-order valence-electron chi connectivity index (χ3n) is 11.0. The lowest BCUT2D eigenvalue weighted by Crippen LogP contribution is -2.50. The average molecular weight is 723 g/mol. The molecule has 0 spiro atoms. The number of thiazole rings is 1. The van der Waals surface area contributed by atoms with Crippen molar-refractivity contribution in [2.24, 2.45) is 0 Å². The Morgan fingerprint density at radius 3 is 2.61 bits per heavy atom. The van der Waals surface area contributed by atoms with Crippen molar-refractivity contribution in [1.82, 2.24) is 23.7 Å². The molecule has 13 heteroatoms. The quantitative estimate of drug-likeness (QED) is 0.185. The Hall–Kier alpha value is -2.94. The highest BCUT2D eigenvalue weighted by Gasteiger charge is 2.44. The Morgan fingerprint density at radius 1 is 1.04 bits per heavy atom. The molecule has 262 valence electrons. The predicted molar refractivity (Wildman–Crippen MR) is 195 cm³/mol. The van der Waals surface area contributed by atoms with Gasteiger partial charge in [-0.2, -0.15) is 4.31 Å². The summed E-state index contributed by atoms with van der Waals surface area (Å²) < 4.78 is 52.4. The van der Waals surface area contributed by atoms with E-state index in [-0.39, 0.29) is 17.0 Å². The number of imidazole rings is 1. The smallest absolute Gasteiger partial charge is 0.254 e. The summed E-state index contributed by atoms with van der Waals surface area (Å²) in [4.78, 5) is 13.9. The fourth-order valence-electron chi connectivity index (χ4n) is 7.12. The Kier molecular flexibility index (Phi) is 9.37. The monoisotopic (exact) mass is 722 g/mol. The standard InChI is InChI=1S/C36H47FN6O3S2Si/c1-36(2,3)49(4,5)46-30-19-29-22-41(18-17-40(29)23-30)35-39-21-34(47-35)48(44,45)43-16-14-27-7-6-8-31(32(27)24-43)33-20-38-25-42(33)15-13-26-9-11-28(37)12-10-26/h6-12,20-21,25,29-30H,13-19,22-24H2,1-5H3/t29-,30?/m0/s1. The first kappa shape index (κ1) is 34.5. The summed E-state index contributed by atoms with van der Waals surface area (Å²) in [5.41, 5.74) is 5.15. The first-order valence-electron chi connectivity index (χ1n) is 17.3. The van der Waals surface area contributed by atoms with Crippen LogP contribution in [0.1, 0.15) is 43.9 Å². The number of aryl methyl sites for hydroxylation is 2. The van der Waals surface area contributed by atoms with E-state index in [1.54, 1.807) is 29.0 Å². The highest BCUT2D eigenvalue weighted by molar-refractivity contribution is 7.91. The van der Waals surface area contributed by atoms with Crippen LogP contribution in [0.4, 0.5) is 9.52 Å². The number of piperazine rings is 1. The van der Waals surface area contributed by atoms with Gasteiger partial charge >= 0.3 is 0 Å². The zero-order valence-electron chi connectivity index (χ0n) is 29.1. The maximum absolute atomic E-state index is 14.1. The molecule has 0 bridgehead atoms. The predicted octanol–water partition coefficient (Wildman–Crippen LogP) is 6.42. The Morgan fingerprint density at radius 2 is 1.84 bits per heavy atom. The van der Waals surface area contributed by atoms with Gasteiger partial charge in [0.25, 0.3) is 10.0 Å². The van der Waals surface area contributed by atoms with Crippen molar-refractivity contribution in [2.75, 3.05) is 37.6 Å². The lowest BCUT2D eigenvalue weighted by atomic mass is 9.94. The minimum Gasteiger partial charge on any atom is -0.413 e. The molecule has 4 aromatic rings. The first-order valence-corrected chi connectivity index (χ1v) is 22.4. The maximum Gasteiger partial charge on any atom is 0.254 e. The van der Waals surface area contributed by atoms with Crippen LogP contribution in [0.15, 0.2) is 65.4 Å². The van der Waals surface area contributed by atoms with E-state index in [0.29, 0.717) is 36.3 Å². The topological polar surface area (TPSA) is 83.8 Å². The molecule has 0 aliphatic carbocycles. The van der Waals surface area contributed by atoms with Crippen LogP contribution in [0.25, 0.3) is 11.3 Å². The van der Waals surface area contributed by atoms with Crippen LogP contribution in [0.5, 0.6) is 0 Å². The van der Waals surface area contributed by atoms with Crippen LogP contribution in [-0.2, 0) is 40.4 Å². The molecule has 2 atom stereocenters. The minimum atomic E-state index is -3.74. The van der Waals surface area contributed by atoms with Gasteiger partial charge in [-0.1, -0.05) is 62.4 Å². The second kappa shape index (κ2) is 13.3. The van der Waals surface area contributed by atoms with E-state index in [1.165, 1.54) is 23.5 Å². The number of sulfonamides is 1. The molecule has 0 saturated carbocycles. The number of benzene rings is 2. The van der Waals surface area contributed by atoms with Gasteiger partial charge in [-0.3, -0.25) is 4.90 Å². The van der Waals surface area contributed by atoms with Crippen LogP contribution in [-0.4, -0.2) is 85.3 Å². The molecular formula is C36H47FN6O3S2Si. The second-order valence-electron chi connectivity index (χ2n) is 15.2. The Bertz CT molecular complexity index is 1910. The fraction of sp³-hybridized carbons (Fsp3) is 0.500. The van der Waals surface area contributed by atoms with Gasteiger partial charge in [-0.15, -0.1) is 0 Å². The van der Waals surface area contributed by atoms with E-state index in [1.807, 2.05) is 12.3 Å². The SMILES string of the molecule is CC(C)(C)[Si](C)(C)OC1C[C@H]2CN(c3ncc(S(=O)(=O)N4CCc5cccc(-c6cncn6CCc6ccc(F)cc6)c5C4)s3)CCN2C1. The number of nitrogens with zero attached hydrogens (tertiary/aromatic N) is 6. The maximum atomic E-state index is 14.1. The number of hydrogen-bond acceptors (Lipinski definition) is 8. The number of aromatic nitrogens is 3. The van der Waals surface area contributed by atoms with Gasteiger partial charge in [0.15, 0.2) is 17.7 Å². The molecule has 2 aromatic carbocycles. The van der Waals surface area contributed by atoms with Crippen LogP contribution in [0.3, 0.4) is 0 Å². The molecule has 3 aliphatic heterocycles. The van der Waals surface area contributed by atoms with Gasteiger partial charge in [0.2, 0.25) is 0 Å². The molecule has 0 amide bonds. The average Bonchev–Trinajstić information content (AvgIpc) is 3.83. The Labute approximate surface area is 294 Å². The van der Waals surface area contributed by atoms with E-state index in [0.717, 1.165) is 72.1 Å². The molecule has 49 heavy (non-hydrogen) atoms. The molecule has 7 rings (SSSR count). The molecule has 2 aromatic heterocycles. The highest BCUT2D eigenvalue weighted by atomic mass is 32.2. The molecule has 5 heterocycles. The molecule has 1 unspecified atom stereocenters. The largest absolute Gasteiger partial charge is 0.413 e. The number of hydrogen-bond donors (Lipinski definition) is 0. The number of fused-ring (bicyclic) bond motifs is 2. The second-order valence-corrected chi connectivity index (χ2v) is 23.1. The normalized spacial score (nSPS) is 20.8. The van der Waals surface area contributed by atoms with Crippen LogP contribution in [0, 0.1) is 5.82 Å². The van der Waals surface area contributed by atoms with Gasteiger partial charge in [0.1, 0.15) is 5.82 Å². The van der Waals surface area contributed by atoms with Gasteiger partial charge in [-0.05, 0) is 66.2 Å². The summed E-state index contributed by atoms with van der Waals surface area (Å²) in [6, 6.07) is 13.1. The first-order chi connectivity index (χ1) is 23.3. The zero-order valence-corrected chi connectivity index (χ0v) is 31.7. The summed E-state index contributed by atoms with van der Waals surface area (Å²) in [7, 11) is -5.59. The molecule has 3 aliphatic rings. The van der Waals surface area contributed by atoms with Crippen molar-refractivity contribution in [2.45, 2.75) is 87.6 Å². The summed E-state index contributed by atoms with van der Waals surface area (Å²) in [6.07, 6.45) is 7.81. The summed E-state index contributed by atoms with van der Waals surface area (Å²) in [5.74, 6) is -0.245. The van der Waals surface area contributed by atoms with E-state index >= 15 is 0 Å². The van der Waals surface area contributed by atoms with Gasteiger partial charge < -0.3 is 13.9 Å². The highest BCUT2D eigenvalue weighted by Crippen LogP contribution is 2.40. The van der Waals surface area contributed by atoms with Crippen molar-refractivity contribution in [3.8, 4) is 11.3 Å². The molecule has 2 saturated heterocycles. The molecule has 9 nitrogen and oxygen atoms in total. The van der Waals surface area contributed by atoms with Crippen LogP contribution >= 0.6 is 11.3 Å². The van der Waals surface area contributed by atoms with E-state index in [9.17, 15) is 12.8 Å². The third kappa shape index (κ3) is 7.02. The molecular weight excluding hydrogens is 676 g/mol. The van der Waals surface area contributed by atoms with Gasteiger partial charge in [0.05, 0.1) is 30.5 Å². The number of anilines is 1. The van der Waals surface area contributed by atoms with Gasteiger partial charge in [0, 0.05) is 57.4 Å². The van der Waals surface area contributed by atoms with Gasteiger partial charge in [-0.25, -0.2) is 22.8 Å². The lowest BCUT2D eigenvalue weighted by Gasteiger charge is -2.38. The van der Waals surface area contributed by atoms with E-state index in [2.05, 4.69) is 70.3 Å². The molecule has 0 radical (unpaired) electrons. The van der Waals surface area contributed by atoms with Crippen molar-refractivity contribution in [3.63, 3.8) is 0 Å². The molecule has 2 fully saturated rings. The van der Waals surface area contributed by atoms with Crippen molar-refractivity contribution in [1.29, 1.82) is 0 Å². The number of halogens is 1. The van der Waals surface area contributed by atoms with E-state index < -0.39 is 18.3 Å². The van der Waals surface area contributed by atoms with Crippen LogP contribution in [0.2, 0.25) is 18.1 Å². The lowest BCUT2D eigenvalue weighted by molar-refractivity contribution is 0.177. The van der Waals surface area contributed by atoms with Crippen molar-refractivity contribution < 1.29 is 17.2 Å². The number of rotatable bonds is 9. The minimum absolute atomic E-state index is 0.178. The van der Waals surface area contributed by atoms with Crippen molar-refractivity contribution >= 4 is 34.8 Å². The third-order valence-corrected chi connectivity index (χ3v) is 18.8. The summed E-state index contributed by atoms with van der Waals surface area (Å²) in [5, 5.41) is 0.952. The fourth-order valence-corrected chi connectivity index (χ4v) is 11.2. The summed E-state index contributed by atoms with van der Waals surface area (Å²) >= 11 is 1.28. The summed E-state index contributed by atoms with van der Waals surface area (Å²) in [6.45, 7) is 16.4. The zero-order chi connectivity index (χ0) is 34.6. The van der Waals surface area contributed by atoms with Crippen LogP contribution < -0.4 is 4.90 Å². The Balaban J connectivity index is 1.03.